The van der Waals surface area contributed by atoms with E-state index in [4.69, 9.17) is 9.47 Å². The molecule has 0 unspecified atom stereocenters. The largest absolute Gasteiger partial charge is 0.494 e. The number of benzene rings is 2. The molecule has 0 aromatic heterocycles. The van der Waals surface area contributed by atoms with E-state index < -0.39 is 0 Å². The van der Waals surface area contributed by atoms with Crippen molar-refractivity contribution in [1.29, 1.82) is 0 Å². The topological polar surface area (TPSA) is 76.7 Å². The number of hydrogen-bond acceptors (Lipinski definition) is 4. The molecular weight excluding hydrogens is 452 g/mol. The second-order valence-corrected chi connectivity index (χ2v) is 9.19. The van der Waals surface area contributed by atoms with E-state index >= 15 is 0 Å². The Morgan fingerprint density at radius 1 is 0.528 bits per heavy atom. The predicted molar refractivity (Wildman–Crippen MR) is 146 cm³/mol. The average molecular weight is 497 g/mol. The third-order valence-electron chi connectivity index (χ3n) is 6.06. The summed E-state index contributed by atoms with van der Waals surface area (Å²) in [7, 11) is 0. The van der Waals surface area contributed by atoms with Crippen LogP contribution >= 0.6 is 0 Å². The highest BCUT2D eigenvalue weighted by Gasteiger charge is 2.10. The van der Waals surface area contributed by atoms with Crippen LogP contribution in [0.25, 0.3) is 0 Å². The minimum absolute atomic E-state index is 0.385. The summed E-state index contributed by atoms with van der Waals surface area (Å²) in [6, 6.07) is 13.9. The number of unbranched alkanes of at least 4 members (excludes halogenated alkanes) is 10. The summed E-state index contributed by atoms with van der Waals surface area (Å²) in [6.45, 7) is 5.79. The fraction of sp³-hybridized carbons (Fsp3) is 0.533. The van der Waals surface area contributed by atoms with Gasteiger partial charge in [0.25, 0.3) is 11.8 Å². The summed E-state index contributed by atoms with van der Waals surface area (Å²) < 4.78 is 11.5. The van der Waals surface area contributed by atoms with E-state index in [9.17, 15) is 9.59 Å². The van der Waals surface area contributed by atoms with E-state index in [0.29, 0.717) is 24.3 Å². The Hall–Kier alpha value is -3.02. The van der Waals surface area contributed by atoms with Gasteiger partial charge in [-0.15, -0.1) is 0 Å². The lowest BCUT2D eigenvalue weighted by molar-refractivity contribution is 0.0846. The van der Waals surface area contributed by atoms with Gasteiger partial charge in [-0.05, 0) is 61.4 Å². The van der Waals surface area contributed by atoms with Gasteiger partial charge in [-0.3, -0.25) is 20.4 Å². The zero-order valence-electron chi connectivity index (χ0n) is 22.2. The molecule has 0 heterocycles. The van der Waals surface area contributed by atoms with E-state index in [2.05, 4.69) is 24.7 Å². The van der Waals surface area contributed by atoms with Crippen LogP contribution in [0.15, 0.2) is 48.5 Å². The molecule has 0 saturated heterocycles. The molecule has 0 atom stereocenters. The number of ether oxygens (including phenoxy) is 2. The van der Waals surface area contributed by atoms with E-state index in [1.165, 1.54) is 64.2 Å². The van der Waals surface area contributed by atoms with Crippen molar-refractivity contribution in [2.45, 2.75) is 90.9 Å². The molecule has 2 amide bonds. The van der Waals surface area contributed by atoms with Gasteiger partial charge in [0.05, 0.1) is 13.2 Å². The van der Waals surface area contributed by atoms with Gasteiger partial charge in [-0.2, -0.15) is 0 Å². The van der Waals surface area contributed by atoms with Gasteiger partial charge in [0, 0.05) is 11.1 Å². The van der Waals surface area contributed by atoms with Gasteiger partial charge in [0.15, 0.2) is 0 Å². The minimum Gasteiger partial charge on any atom is -0.494 e. The maximum absolute atomic E-state index is 12.4. The first-order chi connectivity index (χ1) is 17.6. The first-order valence-electron chi connectivity index (χ1n) is 13.7. The molecule has 2 aromatic rings. The number of hydrogen-bond donors (Lipinski definition) is 2. The maximum atomic E-state index is 12.4. The van der Waals surface area contributed by atoms with Gasteiger partial charge in [-0.25, -0.2) is 0 Å². The van der Waals surface area contributed by atoms with Crippen molar-refractivity contribution >= 4 is 11.8 Å². The molecule has 0 aliphatic rings. The second kappa shape index (κ2) is 18.3. The number of nitrogens with one attached hydrogen (secondary N) is 2. The molecule has 0 radical (unpaired) electrons. The lowest BCUT2D eigenvalue weighted by atomic mass is 10.1. The third-order valence-corrected chi connectivity index (χ3v) is 6.06. The van der Waals surface area contributed by atoms with E-state index in [-0.39, 0.29) is 11.8 Å². The Balaban J connectivity index is 1.64. The van der Waals surface area contributed by atoms with Crippen molar-refractivity contribution in [2.75, 3.05) is 13.2 Å². The lowest BCUT2D eigenvalue weighted by Crippen LogP contribution is -2.41. The number of amides is 2. The summed E-state index contributed by atoms with van der Waals surface area (Å²) in [5, 5.41) is 0. The summed E-state index contributed by atoms with van der Waals surface area (Å²) in [6.07, 6.45) is 14.6. The van der Waals surface area contributed by atoms with Crippen LogP contribution in [0.2, 0.25) is 0 Å². The van der Waals surface area contributed by atoms with Crippen LogP contribution in [0.1, 0.15) is 112 Å². The van der Waals surface area contributed by atoms with Crippen molar-refractivity contribution in [3.63, 3.8) is 0 Å². The van der Waals surface area contributed by atoms with Crippen LogP contribution < -0.4 is 20.3 Å². The smallest absolute Gasteiger partial charge is 0.269 e. The van der Waals surface area contributed by atoms with Gasteiger partial charge >= 0.3 is 0 Å². The molecule has 0 bridgehead atoms. The summed E-state index contributed by atoms with van der Waals surface area (Å²) in [5.41, 5.74) is 5.81. The van der Waals surface area contributed by atoms with Crippen LogP contribution in [0.4, 0.5) is 0 Å². The molecule has 6 heteroatoms. The highest BCUT2D eigenvalue weighted by molar-refractivity contribution is 5.99. The molecule has 0 fully saturated rings. The SMILES string of the molecule is CCCCCCCCOc1ccc(C(=O)NNC(=O)c2ccc(OCCCCCCCC)cc2)cc1. The Bertz CT molecular complexity index is 792. The first-order valence-corrected chi connectivity index (χ1v) is 13.7. The summed E-state index contributed by atoms with van der Waals surface area (Å²) in [4.78, 5) is 24.7. The van der Waals surface area contributed by atoms with E-state index in [0.717, 1.165) is 24.3 Å². The van der Waals surface area contributed by atoms with Gasteiger partial charge < -0.3 is 9.47 Å². The van der Waals surface area contributed by atoms with Crippen LogP contribution in [0.5, 0.6) is 11.5 Å². The molecule has 2 aromatic carbocycles. The number of carbonyl (C=O) groups excluding carboxylic acids is 2. The highest BCUT2D eigenvalue weighted by Crippen LogP contribution is 2.15. The van der Waals surface area contributed by atoms with Crippen molar-refractivity contribution in [3.05, 3.63) is 59.7 Å². The van der Waals surface area contributed by atoms with Crippen LogP contribution in [0, 0.1) is 0 Å². The molecule has 0 saturated carbocycles. The fourth-order valence-corrected chi connectivity index (χ4v) is 3.81. The molecule has 36 heavy (non-hydrogen) atoms. The second-order valence-electron chi connectivity index (χ2n) is 9.19. The van der Waals surface area contributed by atoms with E-state index in [1.54, 1.807) is 48.5 Å². The molecule has 0 aliphatic heterocycles. The fourth-order valence-electron chi connectivity index (χ4n) is 3.81. The summed E-state index contributed by atoms with van der Waals surface area (Å²) in [5.74, 6) is 0.709. The third kappa shape index (κ3) is 12.1. The molecule has 0 spiro atoms. The maximum Gasteiger partial charge on any atom is 0.269 e. The Kier molecular flexibility index (Phi) is 14.8. The molecule has 6 nitrogen and oxygen atoms in total. The van der Waals surface area contributed by atoms with Gasteiger partial charge in [0.2, 0.25) is 0 Å². The molecule has 0 aliphatic carbocycles. The monoisotopic (exact) mass is 496 g/mol. The molecule has 198 valence electrons. The van der Waals surface area contributed by atoms with Crippen LogP contribution in [-0.2, 0) is 0 Å². The Labute approximate surface area is 217 Å². The molecule has 2 N–H and O–H groups in total. The molecular formula is C30H44N2O4. The summed E-state index contributed by atoms with van der Waals surface area (Å²) >= 11 is 0. The van der Waals surface area contributed by atoms with Crippen LogP contribution in [-0.4, -0.2) is 25.0 Å². The lowest BCUT2D eigenvalue weighted by Gasteiger charge is -2.10. The van der Waals surface area contributed by atoms with Crippen molar-refractivity contribution in [2.24, 2.45) is 0 Å². The minimum atomic E-state index is -0.385. The first kappa shape index (κ1) is 29.2. The zero-order chi connectivity index (χ0) is 25.8. The van der Waals surface area contributed by atoms with Crippen molar-refractivity contribution in [1.82, 2.24) is 10.9 Å². The van der Waals surface area contributed by atoms with Gasteiger partial charge in [0.1, 0.15) is 11.5 Å². The van der Waals surface area contributed by atoms with E-state index in [1.807, 2.05) is 0 Å². The normalized spacial score (nSPS) is 10.6. The van der Waals surface area contributed by atoms with Crippen LogP contribution in [0.3, 0.4) is 0 Å². The molecule has 2 rings (SSSR count). The number of hydrazine groups is 1. The van der Waals surface area contributed by atoms with Crippen molar-refractivity contribution in [3.8, 4) is 11.5 Å². The zero-order valence-corrected chi connectivity index (χ0v) is 22.2. The number of carbonyl (C=O) groups is 2. The number of rotatable bonds is 18. The Morgan fingerprint density at radius 2 is 0.861 bits per heavy atom. The average Bonchev–Trinajstić information content (AvgIpc) is 2.91. The quantitative estimate of drug-likeness (QED) is 0.168. The highest BCUT2D eigenvalue weighted by atomic mass is 16.5. The predicted octanol–water partition coefficient (Wildman–Crippen LogP) is 7.24. The van der Waals surface area contributed by atoms with Gasteiger partial charge in [-0.1, -0.05) is 78.1 Å². The standard InChI is InChI=1S/C30H44N2O4/c1-3-5-7-9-11-13-23-35-27-19-15-25(16-20-27)29(33)31-32-30(34)26-17-21-28(22-18-26)36-24-14-12-10-8-6-4-2/h15-22H,3-14,23-24H2,1-2H3,(H,31,33)(H,32,34). The Morgan fingerprint density at radius 3 is 1.22 bits per heavy atom. The van der Waals surface area contributed by atoms with Crippen molar-refractivity contribution < 1.29 is 19.1 Å².